The highest BCUT2D eigenvalue weighted by atomic mass is 35.5. The number of carbonyl (C=O) groups excluding carboxylic acids is 3. The number of benzene rings is 1. The number of nitrogens with two attached hydrogens (primary N) is 1. The van der Waals surface area contributed by atoms with Gasteiger partial charge in [-0.1, -0.05) is 18.5 Å². The number of ether oxygens (including phenoxy) is 1. The van der Waals surface area contributed by atoms with Crippen molar-refractivity contribution in [3.63, 3.8) is 0 Å². The number of halogens is 1. The lowest BCUT2D eigenvalue weighted by molar-refractivity contribution is -0.118. The second-order valence-corrected chi connectivity index (χ2v) is 7.05. The Hall–Kier alpha value is -2.38. The molecule has 3 N–H and O–H groups in total. The first kappa shape index (κ1) is 17.4. The topological polar surface area (TPSA) is 98.5 Å². The van der Waals surface area contributed by atoms with Gasteiger partial charge in [0.05, 0.1) is 11.1 Å². The number of amides is 2. The summed E-state index contributed by atoms with van der Waals surface area (Å²) < 4.78 is 5.53. The highest BCUT2D eigenvalue weighted by molar-refractivity contribution is 7.14. The van der Waals surface area contributed by atoms with Crippen molar-refractivity contribution in [3.05, 3.63) is 45.3 Å². The van der Waals surface area contributed by atoms with Crippen LogP contribution in [0.15, 0.2) is 23.6 Å². The lowest BCUT2D eigenvalue weighted by Gasteiger charge is -2.12. The molecule has 0 radical (unpaired) electrons. The van der Waals surface area contributed by atoms with Crippen molar-refractivity contribution in [3.8, 4) is 5.75 Å². The Morgan fingerprint density at radius 3 is 2.88 bits per heavy atom. The van der Waals surface area contributed by atoms with Gasteiger partial charge in [0, 0.05) is 11.4 Å². The van der Waals surface area contributed by atoms with E-state index in [1.807, 2.05) is 6.92 Å². The number of nitrogens with one attached hydrogen (secondary N) is 1. The number of anilines is 1. The van der Waals surface area contributed by atoms with Crippen LogP contribution in [0.4, 0.5) is 5.00 Å². The van der Waals surface area contributed by atoms with Gasteiger partial charge in [-0.2, -0.15) is 0 Å². The van der Waals surface area contributed by atoms with E-state index in [2.05, 4.69) is 5.32 Å². The summed E-state index contributed by atoms with van der Waals surface area (Å²) in [6, 6.07) is 4.78. The molecule has 1 unspecified atom stereocenters. The van der Waals surface area contributed by atoms with E-state index in [0.29, 0.717) is 27.8 Å². The van der Waals surface area contributed by atoms with Crippen molar-refractivity contribution in [1.82, 2.24) is 0 Å². The van der Waals surface area contributed by atoms with E-state index in [9.17, 15) is 14.4 Å². The normalized spacial score (nSPS) is 15.8. The number of fused-ring (bicyclic) bond motifs is 1. The number of ketones is 1. The molecule has 130 valence electrons. The third-order valence-electron chi connectivity index (χ3n) is 3.96. The van der Waals surface area contributed by atoms with Crippen molar-refractivity contribution in [2.75, 3.05) is 11.9 Å². The van der Waals surface area contributed by atoms with Crippen LogP contribution in [0.5, 0.6) is 5.75 Å². The molecular formula is C17H15ClN2O4S. The van der Waals surface area contributed by atoms with E-state index in [0.717, 1.165) is 5.56 Å². The molecule has 0 spiro atoms. The van der Waals surface area contributed by atoms with Crippen molar-refractivity contribution < 1.29 is 19.1 Å². The van der Waals surface area contributed by atoms with Crippen molar-refractivity contribution >= 4 is 45.5 Å². The predicted molar refractivity (Wildman–Crippen MR) is 95.8 cm³/mol. The molecule has 0 fully saturated rings. The summed E-state index contributed by atoms with van der Waals surface area (Å²) in [6.07, 6.45) is 0.374. The SMILES string of the molecule is CC1CC(=O)c2c(OCC(=O)Nc3sccc3C(N)=O)ccc(Cl)c21. The van der Waals surface area contributed by atoms with Gasteiger partial charge in [0.2, 0.25) is 0 Å². The zero-order valence-corrected chi connectivity index (χ0v) is 14.9. The van der Waals surface area contributed by atoms with Crippen LogP contribution in [0.3, 0.4) is 0 Å². The smallest absolute Gasteiger partial charge is 0.262 e. The first-order valence-corrected chi connectivity index (χ1v) is 8.79. The molecule has 1 aliphatic rings. The van der Waals surface area contributed by atoms with Crippen LogP contribution in [-0.4, -0.2) is 24.2 Å². The van der Waals surface area contributed by atoms with E-state index >= 15 is 0 Å². The zero-order chi connectivity index (χ0) is 18.1. The molecule has 8 heteroatoms. The molecule has 0 aliphatic heterocycles. The number of Topliss-reactive ketones (excluding diaryl/α,β-unsaturated/α-hetero) is 1. The molecule has 1 heterocycles. The Morgan fingerprint density at radius 2 is 2.16 bits per heavy atom. The second kappa shape index (κ2) is 6.85. The Bertz CT molecular complexity index is 878. The zero-order valence-electron chi connectivity index (χ0n) is 13.3. The average Bonchev–Trinajstić information content (AvgIpc) is 3.12. The van der Waals surface area contributed by atoms with Crippen LogP contribution < -0.4 is 15.8 Å². The summed E-state index contributed by atoms with van der Waals surface area (Å²) >= 11 is 7.37. The minimum atomic E-state index is -0.618. The lowest BCUT2D eigenvalue weighted by Crippen LogP contribution is -2.22. The molecule has 0 bridgehead atoms. The van der Waals surface area contributed by atoms with Gasteiger partial charge in [0.15, 0.2) is 12.4 Å². The summed E-state index contributed by atoms with van der Waals surface area (Å²) in [5, 5.41) is 5.13. The first-order chi connectivity index (χ1) is 11.9. The van der Waals surface area contributed by atoms with Gasteiger partial charge >= 0.3 is 0 Å². The van der Waals surface area contributed by atoms with Gasteiger partial charge in [-0.15, -0.1) is 11.3 Å². The molecule has 1 aliphatic carbocycles. The quantitative estimate of drug-likeness (QED) is 0.834. The van der Waals surface area contributed by atoms with Crippen molar-refractivity contribution in [1.29, 1.82) is 0 Å². The van der Waals surface area contributed by atoms with Crippen molar-refractivity contribution in [2.24, 2.45) is 5.73 Å². The van der Waals surface area contributed by atoms with Crippen LogP contribution in [-0.2, 0) is 4.79 Å². The van der Waals surface area contributed by atoms with Gasteiger partial charge in [-0.3, -0.25) is 14.4 Å². The number of carbonyl (C=O) groups is 3. The van der Waals surface area contributed by atoms with Gasteiger partial charge in [-0.25, -0.2) is 0 Å². The first-order valence-electron chi connectivity index (χ1n) is 7.54. The highest BCUT2D eigenvalue weighted by Crippen LogP contribution is 2.42. The summed E-state index contributed by atoms with van der Waals surface area (Å²) in [5.74, 6) is -0.753. The fourth-order valence-corrected chi connectivity index (χ4v) is 4.00. The van der Waals surface area contributed by atoms with Gasteiger partial charge < -0.3 is 15.8 Å². The van der Waals surface area contributed by atoms with Gasteiger partial charge in [0.1, 0.15) is 10.8 Å². The van der Waals surface area contributed by atoms with Crippen LogP contribution >= 0.6 is 22.9 Å². The van der Waals surface area contributed by atoms with Crippen LogP contribution in [0.25, 0.3) is 0 Å². The Labute approximate surface area is 152 Å². The molecule has 0 saturated heterocycles. The average molecular weight is 379 g/mol. The maximum atomic E-state index is 12.2. The molecule has 2 amide bonds. The molecule has 1 atom stereocenters. The van der Waals surface area contributed by atoms with Gasteiger partial charge in [-0.05, 0) is 35.1 Å². The molecule has 0 saturated carbocycles. The standard InChI is InChI=1S/C17H15ClN2O4S/c1-8-6-11(21)15-12(3-2-10(18)14(8)15)24-7-13(22)20-17-9(16(19)23)4-5-25-17/h2-5,8H,6-7H2,1H3,(H2,19,23)(H,20,22). The molecule has 25 heavy (non-hydrogen) atoms. The maximum absolute atomic E-state index is 12.2. The Balaban J connectivity index is 1.72. The third-order valence-corrected chi connectivity index (χ3v) is 5.12. The van der Waals surface area contributed by atoms with E-state index < -0.39 is 11.8 Å². The third kappa shape index (κ3) is 3.38. The van der Waals surface area contributed by atoms with E-state index in [-0.39, 0.29) is 23.9 Å². The van der Waals surface area contributed by atoms with Crippen LogP contribution in [0, 0.1) is 0 Å². The molecule has 6 nitrogen and oxygen atoms in total. The molecule has 1 aromatic carbocycles. The van der Waals surface area contributed by atoms with E-state index in [4.69, 9.17) is 22.1 Å². The van der Waals surface area contributed by atoms with Crippen molar-refractivity contribution in [2.45, 2.75) is 19.3 Å². The monoisotopic (exact) mass is 378 g/mol. The summed E-state index contributed by atoms with van der Waals surface area (Å²) in [4.78, 5) is 35.5. The minimum absolute atomic E-state index is 0.0246. The number of primary amides is 1. The summed E-state index contributed by atoms with van der Waals surface area (Å²) in [7, 11) is 0. The number of rotatable bonds is 5. The predicted octanol–water partition coefficient (Wildman–Crippen LogP) is 3.21. The second-order valence-electron chi connectivity index (χ2n) is 5.73. The fourth-order valence-electron chi connectivity index (χ4n) is 2.85. The molecule has 1 aromatic heterocycles. The maximum Gasteiger partial charge on any atom is 0.262 e. The van der Waals surface area contributed by atoms with Crippen LogP contribution in [0.2, 0.25) is 5.02 Å². The fraction of sp³-hybridized carbons (Fsp3) is 0.235. The Morgan fingerprint density at radius 1 is 1.40 bits per heavy atom. The minimum Gasteiger partial charge on any atom is -0.483 e. The Kier molecular flexibility index (Phi) is 4.78. The molecule has 2 aromatic rings. The summed E-state index contributed by atoms with van der Waals surface area (Å²) in [5.41, 5.74) is 6.69. The van der Waals surface area contributed by atoms with E-state index in [1.54, 1.807) is 17.5 Å². The number of hydrogen-bond donors (Lipinski definition) is 2. The van der Waals surface area contributed by atoms with Gasteiger partial charge in [0.25, 0.3) is 11.8 Å². The van der Waals surface area contributed by atoms with E-state index in [1.165, 1.54) is 17.4 Å². The largest absolute Gasteiger partial charge is 0.483 e. The summed E-state index contributed by atoms with van der Waals surface area (Å²) in [6.45, 7) is 1.63. The lowest BCUT2D eigenvalue weighted by atomic mass is 10.0. The molecule has 3 rings (SSSR count). The number of thiophene rings is 1. The highest BCUT2D eigenvalue weighted by Gasteiger charge is 2.32. The molecular weight excluding hydrogens is 364 g/mol. The van der Waals surface area contributed by atoms with Crippen LogP contribution in [0.1, 0.15) is 45.5 Å². The number of hydrogen-bond acceptors (Lipinski definition) is 5.